The molecule has 3 aromatic rings. The van der Waals surface area contributed by atoms with Gasteiger partial charge in [-0.25, -0.2) is 4.98 Å². The Labute approximate surface area is 110 Å². The first-order chi connectivity index (χ1) is 8.63. The van der Waals surface area contributed by atoms with Crippen molar-refractivity contribution >= 4 is 22.7 Å². The molecule has 0 aliphatic carbocycles. The largest absolute Gasteiger partial charge is 0.436 e. The molecule has 0 spiro atoms. The molecule has 18 heavy (non-hydrogen) atoms. The van der Waals surface area contributed by atoms with Crippen LogP contribution in [0.4, 0.5) is 0 Å². The molecule has 2 aromatic carbocycles. The van der Waals surface area contributed by atoms with Crippen molar-refractivity contribution in [3.05, 3.63) is 52.5 Å². The summed E-state index contributed by atoms with van der Waals surface area (Å²) in [5.74, 6) is 0.609. The van der Waals surface area contributed by atoms with Gasteiger partial charge in [-0.3, -0.25) is 0 Å². The number of hydrogen-bond acceptors (Lipinski definition) is 2. The van der Waals surface area contributed by atoms with E-state index < -0.39 is 0 Å². The smallest absolute Gasteiger partial charge is 0.227 e. The molecule has 0 saturated heterocycles. The molecule has 0 radical (unpaired) electrons. The summed E-state index contributed by atoms with van der Waals surface area (Å²) >= 11 is 6.12. The lowest BCUT2D eigenvalue weighted by atomic mass is 10.1. The van der Waals surface area contributed by atoms with Crippen molar-refractivity contribution in [1.29, 1.82) is 0 Å². The van der Waals surface area contributed by atoms with Crippen LogP contribution in [0.1, 0.15) is 11.1 Å². The molecule has 0 fully saturated rings. The Morgan fingerprint density at radius 3 is 2.67 bits per heavy atom. The monoisotopic (exact) mass is 257 g/mol. The Bertz CT molecular complexity index is 730. The molecule has 3 heteroatoms. The van der Waals surface area contributed by atoms with Gasteiger partial charge in [0.25, 0.3) is 0 Å². The summed E-state index contributed by atoms with van der Waals surface area (Å²) in [7, 11) is 0. The van der Waals surface area contributed by atoms with E-state index in [-0.39, 0.29) is 0 Å². The second kappa shape index (κ2) is 4.14. The Balaban J connectivity index is 2.16. The van der Waals surface area contributed by atoms with Gasteiger partial charge in [0.2, 0.25) is 5.89 Å². The molecule has 0 amide bonds. The van der Waals surface area contributed by atoms with Crippen molar-refractivity contribution in [2.24, 2.45) is 0 Å². The molecular weight excluding hydrogens is 246 g/mol. The lowest BCUT2D eigenvalue weighted by Crippen LogP contribution is -1.80. The first-order valence-electron chi connectivity index (χ1n) is 5.77. The number of aryl methyl sites for hydroxylation is 2. The molecule has 2 nitrogen and oxygen atoms in total. The van der Waals surface area contributed by atoms with E-state index in [1.54, 1.807) is 0 Å². The topological polar surface area (TPSA) is 26.0 Å². The molecule has 0 aliphatic rings. The summed E-state index contributed by atoms with van der Waals surface area (Å²) < 4.78 is 5.76. The highest BCUT2D eigenvalue weighted by Crippen LogP contribution is 2.28. The molecule has 0 aliphatic heterocycles. The SMILES string of the molecule is Cc1ccc2nc(-c3ccc(C)c(Cl)c3)oc2c1. The molecule has 3 rings (SSSR count). The number of rotatable bonds is 1. The van der Waals surface area contributed by atoms with Crippen LogP contribution >= 0.6 is 11.6 Å². The number of aromatic nitrogens is 1. The second-order valence-corrected chi connectivity index (χ2v) is 4.86. The average molecular weight is 258 g/mol. The Kier molecular flexibility index (Phi) is 2.60. The van der Waals surface area contributed by atoms with E-state index in [0.717, 1.165) is 32.8 Å². The third-order valence-electron chi connectivity index (χ3n) is 2.96. The zero-order valence-electron chi connectivity index (χ0n) is 10.2. The van der Waals surface area contributed by atoms with Crippen LogP contribution < -0.4 is 0 Å². The predicted octanol–water partition coefficient (Wildman–Crippen LogP) is 4.77. The van der Waals surface area contributed by atoms with Gasteiger partial charge in [0.05, 0.1) is 0 Å². The number of benzene rings is 2. The van der Waals surface area contributed by atoms with Gasteiger partial charge < -0.3 is 4.42 Å². The minimum atomic E-state index is 0.609. The number of hydrogen-bond donors (Lipinski definition) is 0. The highest BCUT2D eigenvalue weighted by molar-refractivity contribution is 6.31. The van der Waals surface area contributed by atoms with Crippen LogP contribution in [0.15, 0.2) is 40.8 Å². The number of fused-ring (bicyclic) bond motifs is 1. The lowest BCUT2D eigenvalue weighted by molar-refractivity contribution is 0.619. The maximum atomic E-state index is 6.12. The van der Waals surface area contributed by atoms with E-state index in [0.29, 0.717) is 5.89 Å². The minimum Gasteiger partial charge on any atom is -0.436 e. The Morgan fingerprint density at radius 1 is 1.06 bits per heavy atom. The Hall–Kier alpha value is -1.80. The summed E-state index contributed by atoms with van der Waals surface area (Å²) in [6.45, 7) is 4.01. The lowest BCUT2D eigenvalue weighted by Gasteiger charge is -1.99. The number of oxazole rings is 1. The van der Waals surface area contributed by atoms with Crippen molar-refractivity contribution in [3.63, 3.8) is 0 Å². The Morgan fingerprint density at radius 2 is 1.89 bits per heavy atom. The standard InChI is InChI=1S/C15H12ClNO/c1-9-3-6-13-14(7-9)18-15(17-13)11-5-4-10(2)12(16)8-11/h3-8H,1-2H3. The van der Waals surface area contributed by atoms with Gasteiger partial charge in [0, 0.05) is 10.6 Å². The predicted molar refractivity (Wildman–Crippen MR) is 73.9 cm³/mol. The van der Waals surface area contributed by atoms with Crippen LogP contribution in [0.25, 0.3) is 22.6 Å². The first-order valence-corrected chi connectivity index (χ1v) is 6.15. The van der Waals surface area contributed by atoms with E-state index >= 15 is 0 Å². The van der Waals surface area contributed by atoms with Crippen LogP contribution in [0.5, 0.6) is 0 Å². The fourth-order valence-corrected chi connectivity index (χ4v) is 2.06. The van der Waals surface area contributed by atoms with E-state index in [1.165, 1.54) is 0 Å². The van der Waals surface area contributed by atoms with Gasteiger partial charge >= 0.3 is 0 Å². The molecule has 1 heterocycles. The van der Waals surface area contributed by atoms with Crippen molar-refractivity contribution < 1.29 is 4.42 Å². The van der Waals surface area contributed by atoms with Gasteiger partial charge in [-0.1, -0.05) is 23.7 Å². The molecule has 1 aromatic heterocycles. The van der Waals surface area contributed by atoms with Crippen molar-refractivity contribution in [3.8, 4) is 11.5 Å². The van der Waals surface area contributed by atoms with Crippen molar-refractivity contribution in [2.45, 2.75) is 13.8 Å². The summed E-state index contributed by atoms with van der Waals surface area (Å²) in [6, 6.07) is 11.8. The minimum absolute atomic E-state index is 0.609. The third kappa shape index (κ3) is 1.89. The van der Waals surface area contributed by atoms with Crippen LogP contribution in [0.3, 0.4) is 0 Å². The second-order valence-electron chi connectivity index (χ2n) is 4.45. The molecule has 0 bridgehead atoms. The van der Waals surface area contributed by atoms with Crippen LogP contribution in [-0.2, 0) is 0 Å². The highest BCUT2D eigenvalue weighted by Gasteiger charge is 2.09. The van der Waals surface area contributed by atoms with Gasteiger partial charge in [-0.2, -0.15) is 0 Å². The molecule has 0 atom stereocenters. The molecular formula is C15H12ClNO. The first kappa shape index (κ1) is 11.3. The zero-order chi connectivity index (χ0) is 12.7. The summed E-state index contributed by atoms with van der Waals surface area (Å²) in [5.41, 5.74) is 4.79. The molecule has 90 valence electrons. The average Bonchev–Trinajstić information content (AvgIpc) is 2.75. The molecule has 0 N–H and O–H groups in total. The fraction of sp³-hybridized carbons (Fsp3) is 0.133. The summed E-state index contributed by atoms with van der Waals surface area (Å²) in [5, 5.41) is 0.728. The maximum absolute atomic E-state index is 6.12. The molecule has 0 unspecified atom stereocenters. The van der Waals surface area contributed by atoms with E-state index in [4.69, 9.17) is 16.0 Å². The summed E-state index contributed by atoms with van der Waals surface area (Å²) in [6.07, 6.45) is 0. The number of halogens is 1. The van der Waals surface area contributed by atoms with Gasteiger partial charge in [-0.15, -0.1) is 0 Å². The van der Waals surface area contributed by atoms with Gasteiger partial charge in [0.1, 0.15) is 5.52 Å². The molecule has 0 saturated carbocycles. The number of nitrogens with zero attached hydrogens (tertiary/aromatic N) is 1. The maximum Gasteiger partial charge on any atom is 0.227 e. The quantitative estimate of drug-likeness (QED) is 0.628. The van der Waals surface area contributed by atoms with Crippen molar-refractivity contribution in [2.75, 3.05) is 0 Å². The highest BCUT2D eigenvalue weighted by atomic mass is 35.5. The zero-order valence-corrected chi connectivity index (χ0v) is 11.0. The fourth-order valence-electron chi connectivity index (χ4n) is 1.88. The van der Waals surface area contributed by atoms with Crippen LogP contribution in [0.2, 0.25) is 5.02 Å². The van der Waals surface area contributed by atoms with Gasteiger partial charge in [-0.05, 0) is 49.2 Å². The van der Waals surface area contributed by atoms with Crippen molar-refractivity contribution in [1.82, 2.24) is 4.98 Å². The van der Waals surface area contributed by atoms with E-state index in [9.17, 15) is 0 Å². The van der Waals surface area contributed by atoms with Crippen LogP contribution in [0, 0.1) is 13.8 Å². The van der Waals surface area contributed by atoms with E-state index in [2.05, 4.69) is 4.98 Å². The third-order valence-corrected chi connectivity index (χ3v) is 3.37. The van der Waals surface area contributed by atoms with E-state index in [1.807, 2.05) is 50.2 Å². The van der Waals surface area contributed by atoms with Gasteiger partial charge in [0.15, 0.2) is 5.58 Å². The normalized spacial score (nSPS) is 11.1. The van der Waals surface area contributed by atoms with Crippen LogP contribution in [-0.4, -0.2) is 4.98 Å². The summed E-state index contributed by atoms with van der Waals surface area (Å²) in [4.78, 5) is 4.47.